The molecule has 0 bridgehead atoms. The summed E-state index contributed by atoms with van der Waals surface area (Å²) in [6.45, 7) is 1.68. The molecule has 4 rings (SSSR count). The van der Waals surface area contributed by atoms with Crippen molar-refractivity contribution in [3.63, 3.8) is 0 Å². The lowest BCUT2D eigenvalue weighted by atomic mass is 10.1. The molecule has 1 aromatic heterocycles. The number of carbonyl (C=O) groups is 2. The summed E-state index contributed by atoms with van der Waals surface area (Å²) >= 11 is 1.19. The van der Waals surface area contributed by atoms with E-state index in [9.17, 15) is 14.4 Å². The second-order valence-corrected chi connectivity index (χ2v) is 7.43. The summed E-state index contributed by atoms with van der Waals surface area (Å²) < 4.78 is 7.24. The fourth-order valence-electron chi connectivity index (χ4n) is 3.21. The van der Waals surface area contributed by atoms with Crippen LogP contribution in [0.1, 0.15) is 18.1 Å². The number of amides is 1. The molecule has 0 radical (unpaired) electrons. The molecule has 1 aliphatic heterocycles. The number of ether oxygens (including phenoxy) is 1. The highest BCUT2D eigenvalue weighted by molar-refractivity contribution is 7.07. The first-order chi connectivity index (χ1) is 14.1. The van der Waals surface area contributed by atoms with Gasteiger partial charge in [0.1, 0.15) is 11.2 Å². The number of esters is 1. The first-order valence-corrected chi connectivity index (χ1v) is 9.97. The highest BCUT2D eigenvalue weighted by Crippen LogP contribution is 2.29. The van der Waals surface area contributed by atoms with Gasteiger partial charge in [0.15, 0.2) is 0 Å². The third kappa shape index (κ3) is 3.64. The molecule has 0 unspecified atom stereocenters. The van der Waals surface area contributed by atoms with Gasteiger partial charge < -0.3 is 10.1 Å². The van der Waals surface area contributed by atoms with Crippen LogP contribution in [0, 0.1) is 0 Å². The van der Waals surface area contributed by atoms with Crippen LogP contribution in [0.5, 0.6) is 0 Å². The molecular formula is C22H18N2O4S. The number of thiazole rings is 1. The summed E-state index contributed by atoms with van der Waals surface area (Å²) in [7, 11) is 0. The highest BCUT2D eigenvalue weighted by Gasteiger charge is 2.27. The maximum atomic E-state index is 13.1. The second-order valence-electron chi connectivity index (χ2n) is 6.40. The SMILES string of the molecule is CCOC(=O)Cn1c(=O)/c(=C/c2ccccc2)s/c1=C1/C(=O)Nc2ccccc21. The van der Waals surface area contributed by atoms with Crippen LogP contribution in [-0.2, 0) is 20.9 Å². The van der Waals surface area contributed by atoms with Crippen LogP contribution < -0.4 is 20.1 Å². The Labute approximate surface area is 170 Å². The van der Waals surface area contributed by atoms with Crippen molar-refractivity contribution in [3.8, 4) is 0 Å². The molecule has 0 fully saturated rings. The topological polar surface area (TPSA) is 77.4 Å². The van der Waals surface area contributed by atoms with Crippen LogP contribution in [0.15, 0.2) is 59.4 Å². The maximum Gasteiger partial charge on any atom is 0.326 e. The standard InChI is InChI=1S/C22H18N2O4S/c1-2-28-18(25)13-24-21(27)17(12-14-8-4-3-5-9-14)29-22(24)19-15-10-6-7-11-16(15)23-20(19)26/h3-12H,2,13H2,1H3,(H,23,26)/b17-12-,22-19+. The summed E-state index contributed by atoms with van der Waals surface area (Å²) in [6.07, 6.45) is 1.76. The van der Waals surface area contributed by atoms with Crippen molar-refractivity contribution < 1.29 is 14.3 Å². The van der Waals surface area contributed by atoms with Crippen molar-refractivity contribution in [2.75, 3.05) is 11.9 Å². The van der Waals surface area contributed by atoms with Gasteiger partial charge in [0.2, 0.25) is 0 Å². The Kier molecular flexibility index (Phi) is 5.14. The van der Waals surface area contributed by atoms with Gasteiger partial charge in [-0.3, -0.25) is 19.0 Å². The van der Waals surface area contributed by atoms with E-state index in [1.807, 2.05) is 48.5 Å². The largest absolute Gasteiger partial charge is 0.465 e. The minimum atomic E-state index is -0.521. The first kappa shape index (κ1) is 18.9. The van der Waals surface area contributed by atoms with Crippen LogP contribution in [-0.4, -0.2) is 23.1 Å². The fraction of sp³-hybridized carbons (Fsp3) is 0.136. The zero-order valence-corrected chi connectivity index (χ0v) is 16.5. The van der Waals surface area contributed by atoms with Gasteiger partial charge in [0.25, 0.3) is 11.5 Å². The third-order valence-electron chi connectivity index (χ3n) is 4.48. The molecule has 0 aliphatic carbocycles. The van der Waals surface area contributed by atoms with E-state index in [1.165, 1.54) is 15.9 Å². The Balaban J connectivity index is 2.00. The van der Waals surface area contributed by atoms with Gasteiger partial charge in [-0.1, -0.05) is 48.5 Å². The summed E-state index contributed by atoms with van der Waals surface area (Å²) in [4.78, 5) is 37.9. The number of para-hydroxylation sites is 1. The van der Waals surface area contributed by atoms with Crippen molar-refractivity contribution in [1.82, 2.24) is 4.57 Å². The summed E-state index contributed by atoms with van der Waals surface area (Å²) in [6, 6.07) is 16.7. The third-order valence-corrected chi connectivity index (χ3v) is 5.61. The second kappa shape index (κ2) is 7.89. The molecule has 2 aromatic carbocycles. The number of carbonyl (C=O) groups excluding carboxylic acids is 2. The molecule has 0 atom stereocenters. The number of hydrogen-bond acceptors (Lipinski definition) is 5. The number of nitrogens with one attached hydrogen (secondary N) is 1. The molecule has 1 amide bonds. The van der Waals surface area contributed by atoms with Gasteiger partial charge in [0.05, 0.1) is 16.7 Å². The number of benzene rings is 2. The smallest absolute Gasteiger partial charge is 0.326 e. The lowest BCUT2D eigenvalue weighted by molar-refractivity contribution is -0.143. The van der Waals surface area contributed by atoms with Crippen LogP contribution in [0.2, 0.25) is 0 Å². The minimum absolute atomic E-state index is 0.218. The Hall–Kier alpha value is -3.45. The molecule has 0 spiro atoms. The van der Waals surface area contributed by atoms with E-state index in [0.717, 1.165) is 5.56 Å². The predicted octanol–water partition coefficient (Wildman–Crippen LogP) is 1.45. The van der Waals surface area contributed by atoms with Gasteiger partial charge in [-0.25, -0.2) is 0 Å². The predicted molar refractivity (Wildman–Crippen MR) is 112 cm³/mol. The summed E-state index contributed by atoms with van der Waals surface area (Å²) in [5.74, 6) is -0.816. The van der Waals surface area contributed by atoms with Gasteiger partial charge in [0, 0.05) is 11.3 Å². The van der Waals surface area contributed by atoms with Gasteiger partial charge in [-0.2, -0.15) is 0 Å². The number of rotatable bonds is 4. The van der Waals surface area contributed by atoms with Crippen molar-refractivity contribution in [2.24, 2.45) is 0 Å². The quantitative estimate of drug-likeness (QED) is 0.666. The van der Waals surface area contributed by atoms with E-state index >= 15 is 0 Å². The number of hydrogen-bond donors (Lipinski definition) is 1. The van der Waals surface area contributed by atoms with Gasteiger partial charge in [-0.05, 0) is 24.6 Å². The minimum Gasteiger partial charge on any atom is -0.465 e. The zero-order chi connectivity index (χ0) is 20.4. The summed E-state index contributed by atoms with van der Waals surface area (Å²) in [5.41, 5.74) is 2.32. The van der Waals surface area contributed by atoms with Crippen molar-refractivity contribution >= 4 is 40.5 Å². The molecule has 2 heterocycles. The van der Waals surface area contributed by atoms with Crippen LogP contribution in [0.4, 0.5) is 5.69 Å². The average Bonchev–Trinajstić information content (AvgIpc) is 3.19. The molecule has 146 valence electrons. The fourth-order valence-corrected chi connectivity index (χ4v) is 4.38. The van der Waals surface area contributed by atoms with Gasteiger partial charge in [-0.15, -0.1) is 11.3 Å². The Morgan fingerprint density at radius 3 is 2.59 bits per heavy atom. The lowest BCUT2D eigenvalue weighted by Gasteiger charge is -2.04. The molecule has 3 aromatic rings. The first-order valence-electron chi connectivity index (χ1n) is 9.15. The van der Waals surface area contributed by atoms with Crippen LogP contribution in [0.25, 0.3) is 11.6 Å². The van der Waals surface area contributed by atoms with E-state index in [0.29, 0.717) is 26.0 Å². The number of anilines is 1. The van der Waals surface area contributed by atoms with E-state index in [2.05, 4.69) is 5.32 Å². The summed E-state index contributed by atoms with van der Waals surface area (Å²) in [5, 5.41) is 2.82. The van der Waals surface area contributed by atoms with E-state index < -0.39 is 5.97 Å². The normalized spacial score (nSPS) is 15.2. The average molecular weight is 406 g/mol. The molecule has 1 aliphatic rings. The molecule has 7 heteroatoms. The molecule has 1 N–H and O–H groups in total. The van der Waals surface area contributed by atoms with E-state index in [1.54, 1.807) is 19.1 Å². The highest BCUT2D eigenvalue weighted by atomic mass is 32.1. The molecule has 0 saturated carbocycles. The van der Waals surface area contributed by atoms with Crippen LogP contribution in [0.3, 0.4) is 0 Å². The zero-order valence-electron chi connectivity index (χ0n) is 15.7. The van der Waals surface area contributed by atoms with E-state index in [4.69, 9.17) is 4.74 Å². The van der Waals surface area contributed by atoms with Gasteiger partial charge >= 0.3 is 5.97 Å². The maximum absolute atomic E-state index is 13.1. The van der Waals surface area contributed by atoms with Crippen LogP contribution >= 0.6 is 11.3 Å². The van der Waals surface area contributed by atoms with Crippen molar-refractivity contribution in [3.05, 3.63) is 85.3 Å². The molecule has 6 nitrogen and oxygen atoms in total. The monoisotopic (exact) mass is 406 g/mol. The lowest BCUT2D eigenvalue weighted by Crippen LogP contribution is -2.36. The van der Waals surface area contributed by atoms with Crippen molar-refractivity contribution in [1.29, 1.82) is 0 Å². The number of aromatic nitrogens is 1. The Morgan fingerprint density at radius 2 is 1.83 bits per heavy atom. The Morgan fingerprint density at radius 1 is 1.10 bits per heavy atom. The Bertz CT molecular complexity index is 1270. The number of fused-ring (bicyclic) bond motifs is 1. The van der Waals surface area contributed by atoms with E-state index in [-0.39, 0.29) is 24.6 Å². The molecular weight excluding hydrogens is 388 g/mol. The number of nitrogens with zero attached hydrogens (tertiary/aromatic N) is 1. The molecule has 0 saturated heterocycles. The molecule has 29 heavy (non-hydrogen) atoms. The van der Waals surface area contributed by atoms with Crippen molar-refractivity contribution in [2.45, 2.75) is 13.5 Å².